The largest absolute Gasteiger partial charge is 0.393 e. The molecule has 1 N–H and O–H groups in total. The molecule has 3 heteroatoms. The second-order valence-corrected chi connectivity index (χ2v) is 5.13. The first-order valence-electron chi connectivity index (χ1n) is 4.85. The molecule has 2 rings (SSSR count). The third-order valence-electron chi connectivity index (χ3n) is 2.75. The highest BCUT2D eigenvalue weighted by Gasteiger charge is 2.25. The lowest BCUT2D eigenvalue weighted by Gasteiger charge is -2.11. The fraction of sp³-hybridized carbons (Fsp3) is 0.700. The van der Waals surface area contributed by atoms with Crippen LogP contribution in [0.5, 0.6) is 0 Å². The zero-order valence-electron chi connectivity index (χ0n) is 7.86. The second-order valence-electron chi connectivity index (χ2n) is 3.81. The van der Waals surface area contributed by atoms with Crippen molar-refractivity contribution in [2.24, 2.45) is 5.92 Å². The van der Waals surface area contributed by atoms with Gasteiger partial charge in [-0.15, -0.1) is 11.3 Å². The van der Waals surface area contributed by atoms with Crippen molar-refractivity contribution in [1.29, 1.82) is 0 Å². The Kier molecular flexibility index (Phi) is 2.65. The summed E-state index contributed by atoms with van der Waals surface area (Å²) < 4.78 is 0. The van der Waals surface area contributed by atoms with Gasteiger partial charge in [0.15, 0.2) is 0 Å². The molecule has 1 aromatic heterocycles. The lowest BCUT2D eigenvalue weighted by molar-refractivity contribution is 0.133. The van der Waals surface area contributed by atoms with Crippen LogP contribution >= 0.6 is 11.3 Å². The molecule has 72 valence electrons. The minimum Gasteiger partial charge on any atom is -0.393 e. The molecule has 2 atom stereocenters. The van der Waals surface area contributed by atoms with E-state index >= 15 is 0 Å². The van der Waals surface area contributed by atoms with Gasteiger partial charge in [0.1, 0.15) is 0 Å². The van der Waals surface area contributed by atoms with Gasteiger partial charge in [-0.25, -0.2) is 4.98 Å². The lowest BCUT2D eigenvalue weighted by atomic mass is 10.0. The molecule has 1 aliphatic carbocycles. The molecule has 0 aromatic carbocycles. The highest BCUT2D eigenvalue weighted by atomic mass is 32.1. The first-order chi connectivity index (χ1) is 6.25. The Bertz CT molecular complexity index is 284. The van der Waals surface area contributed by atoms with E-state index in [1.807, 2.05) is 13.1 Å². The van der Waals surface area contributed by atoms with Crippen molar-refractivity contribution < 1.29 is 5.11 Å². The van der Waals surface area contributed by atoms with Crippen molar-refractivity contribution in [2.75, 3.05) is 0 Å². The molecule has 1 fully saturated rings. The highest BCUT2D eigenvalue weighted by molar-refractivity contribution is 7.11. The number of nitrogens with zero attached hydrogens (tertiary/aromatic N) is 1. The molecule has 2 nitrogen and oxygen atoms in total. The maximum absolute atomic E-state index is 9.64. The number of aryl methyl sites for hydroxylation is 1. The molecule has 0 bridgehead atoms. The molecule has 0 aliphatic heterocycles. The normalized spacial score (nSPS) is 28.2. The molecule has 0 unspecified atom stereocenters. The van der Waals surface area contributed by atoms with Gasteiger partial charge in [-0.2, -0.15) is 0 Å². The van der Waals surface area contributed by atoms with Gasteiger partial charge in [0.25, 0.3) is 0 Å². The first kappa shape index (κ1) is 9.16. The Morgan fingerprint density at radius 2 is 2.46 bits per heavy atom. The minimum absolute atomic E-state index is 0.0672. The predicted octanol–water partition coefficient (Wildman–Crippen LogP) is 2.16. The Labute approximate surface area is 82.6 Å². The van der Waals surface area contributed by atoms with Gasteiger partial charge in [0.2, 0.25) is 0 Å². The molecule has 0 radical (unpaired) electrons. The summed E-state index contributed by atoms with van der Waals surface area (Å²) in [7, 11) is 0. The van der Waals surface area contributed by atoms with Crippen molar-refractivity contribution in [3.63, 3.8) is 0 Å². The summed E-state index contributed by atoms with van der Waals surface area (Å²) in [6, 6.07) is 0. The van der Waals surface area contributed by atoms with Crippen LogP contribution in [0.25, 0.3) is 0 Å². The molecule has 0 amide bonds. The van der Waals surface area contributed by atoms with Crippen LogP contribution in [-0.4, -0.2) is 16.2 Å². The van der Waals surface area contributed by atoms with Gasteiger partial charge in [0, 0.05) is 11.1 Å². The fourth-order valence-electron chi connectivity index (χ4n) is 2.01. The SMILES string of the molecule is Cc1ncc(C[C@@H]2CCC[C@H]2O)s1. The predicted molar refractivity (Wildman–Crippen MR) is 53.9 cm³/mol. The zero-order chi connectivity index (χ0) is 9.26. The lowest BCUT2D eigenvalue weighted by Crippen LogP contribution is -2.14. The maximum Gasteiger partial charge on any atom is 0.0896 e. The van der Waals surface area contributed by atoms with Crippen LogP contribution in [0, 0.1) is 12.8 Å². The Morgan fingerprint density at radius 1 is 1.62 bits per heavy atom. The Balaban J connectivity index is 1.97. The molecule has 0 saturated heterocycles. The third-order valence-corrected chi connectivity index (χ3v) is 3.69. The summed E-state index contributed by atoms with van der Waals surface area (Å²) in [5.74, 6) is 0.486. The summed E-state index contributed by atoms with van der Waals surface area (Å²) in [6.07, 6.45) is 6.25. The molecule has 1 aliphatic rings. The van der Waals surface area contributed by atoms with Gasteiger partial charge in [-0.1, -0.05) is 6.42 Å². The van der Waals surface area contributed by atoms with Crippen molar-refractivity contribution in [1.82, 2.24) is 4.98 Å². The van der Waals surface area contributed by atoms with Crippen LogP contribution < -0.4 is 0 Å². The molecule has 0 spiro atoms. The minimum atomic E-state index is -0.0672. The zero-order valence-corrected chi connectivity index (χ0v) is 8.68. The molecule has 1 aromatic rings. The average molecular weight is 197 g/mol. The fourth-order valence-corrected chi connectivity index (χ4v) is 2.90. The van der Waals surface area contributed by atoms with Crippen LogP contribution in [0.2, 0.25) is 0 Å². The van der Waals surface area contributed by atoms with E-state index in [-0.39, 0.29) is 6.10 Å². The van der Waals surface area contributed by atoms with Crippen molar-refractivity contribution >= 4 is 11.3 Å². The summed E-state index contributed by atoms with van der Waals surface area (Å²) >= 11 is 1.75. The van der Waals surface area contributed by atoms with Gasteiger partial charge >= 0.3 is 0 Å². The van der Waals surface area contributed by atoms with Gasteiger partial charge < -0.3 is 5.11 Å². The monoisotopic (exact) mass is 197 g/mol. The van der Waals surface area contributed by atoms with E-state index in [2.05, 4.69) is 4.98 Å². The maximum atomic E-state index is 9.64. The van der Waals surface area contributed by atoms with Crippen LogP contribution in [0.3, 0.4) is 0 Å². The third kappa shape index (κ3) is 2.09. The van der Waals surface area contributed by atoms with Gasteiger partial charge in [-0.05, 0) is 32.1 Å². The average Bonchev–Trinajstić information content (AvgIpc) is 2.64. The Morgan fingerprint density at radius 3 is 3.00 bits per heavy atom. The number of hydrogen-bond donors (Lipinski definition) is 1. The summed E-state index contributed by atoms with van der Waals surface area (Å²) in [4.78, 5) is 5.54. The number of aromatic nitrogens is 1. The molecular weight excluding hydrogens is 182 g/mol. The number of hydrogen-bond acceptors (Lipinski definition) is 3. The van der Waals surface area contributed by atoms with Gasteiger partial charge in [0.05, 0.1) is 11.1 Å². The van der Waals surface area contributed by atoms with E-state index in [9.17, 15) is 5.11 Å². The number of aliphatic hydroxyl groups is 1. The smallest absolute Gasteiger partial charge is 0.0896 e. The van der Waals surface area contributed by atoms with Crippen LogP contribution in [0.15, 0.2) is 6.20 Å². The second kappa shape index (κ2) is 3.76. The van der Waals surface area contributed by atoms with Crippen LogP contribution in [0.1, 0.15) is 29.1 Å². The molecule has 1 heterocycles. The van der Waals surface area contributed by atoms with E-state index in [0.29, 0.717) is 5.92 Å². The highest BCUT2D eigenvalue weighted by Crippen LogP contribution is 2.29. The van der Waals surface area contributed by atoms with Crippen molar-refractivity contribution in [3.8, 4) is 0 Å². The van der Waals surface area contributed by atoms with Crippen molar-refractivity contribution in [3.05, 3.63) is 16.1 Å². The number of rotatable bonds is 2. The molecule has 13 heavy (non-hydrogen) atoms. The summed E-state index contributed by atoms with van der Waals surface area (Å²) in [6.45, 7) is 2.03. The molecular formula is C10H15NOS. The van der Waals surface area contributed by atoms with Gasteiger partial charge in [-0.3, -0.25) is 0 Å². The standard InChI is InChI=1S/C10H15NOS/c1-7-11-6-9(13-7)5-8-3-2-4-10(8)12/h6,8,10,12H,2-5H2,1H3/t8-,10+/m0/s1. The number of aliphatic hydroxyl groups excluding tert-OH is 1. The van der Waals surface area contributed by atoms with E-state index in [0.717, 1.165) is 17.8 Å². The van der Waals surface area contributed by atoms with Crippen LogP contribution in [0.4, 0.5) is 0 Å². The topological polar surface area (TPSA) is 33.1 Å². The van der Waals surface area contributed by atoms with E-state index in [4.69, 9.17) is 0 Å². The van der Waals surface area contributed by atoms with Crippen molar-refractivity contribution in [2.45, 2.75) is 38.7 Å². The van der Waals surface area contributed by atoms with Crippen LogP contribution in [-0.2, 0) is 6.42 Å². The summed E-state index contributed by atoms with van der Waals surface area (Å²) in [5, 5.41) is 10.8. The van der Waals surface area contributed by atoms with E-state index in [1.165, 1.54) is 17.7 Å². The molecule has 1 saturated carbocycles. The first-order valence-corrected chi connectivity index (χ1v) is 5.67. The van der Waals surface area contributed by atoms with E-state index < -0.39 is 0 Å². The number of thiazole rings is 1. The Hall–Kier alpha value is -0.410. The van der Waals surface area contributed by atoms with E-state index in [1.54, 1.807) is 11.3 Å². The summed E-state index contributed by atoms with van der Waals surface area (Å²) in [5.41, 5.74) is 0. The quantitative estimate of drug-likeness (QED) is 0.788.